The second-order valence-electron chi connectivity index (χ2n) is 5.22. The summed E-state index contributed by atoms with van der Waals surface area (Å²) in [5, 5.41) is 3.43. The Bertz CT molecular complexity index is 389. The molecule has 0 aliphatic carbocycles. The van der Waals surface area contributed by atoms with Crippen molar-refractivity contribution in [2.45, 2.75) is 59.4 Å². The van der Waals surface area contributed by atoms with Crippen LogP contribution in [-0.2, 0) is 0 Å². The van der Waals surface area contributed by atoms with E-state index in [9.17, 15) is 0 Å². The third-order valence-electron chi connectivity index (χ3n) is 2.86. The Labute approximate surface area is 127 Å². The van der Waals surface area contributed by atoms with Crippen LogP contribution in [0.2, 0.25) is 5.28 Å². The highest BCUT2D eigenvalue weighted by molar-refractivity contribution is 6.28. The fourth-order valence-electron chi connectivity index (χ4n) is 1.81. The van der Waals surface area contributed by atoms with E-state index in [-0.39, 0.29) is 11.3 Å². The summed E-state index contributed by atoms with van der Waals surface area (Å²) in [6, 6.07) is 0.265. The van der Waals surface area contributed by atoms with E-state index in [0.29, 0.717) is 11.9 Å². The molecule has 0 bridgehead atoms. The number of rotatable bonds is 9. The van der Waals surface area contributed by atoms with Gasteiger partial charge >= 0.3 is 0 Å². The first-order valence-corrected chi connectivity index (χ1v) is 7.87. The Morgan fingerprint density at radius 1 is 1.05 bits per heavy atom. The number of halogens is 1. The van der Waals surface area contributed by atoms with E-state index in [1.807, 2.05) is 13.8 Å². The van der Waals surface area contributed by atoms with Crippen molar-refractivity contribution in [1.82, 2.24) is 15.0 Å². The van der Waals surface area contributed by atoms with E-state index in [1.165, 1.54) is 0 Å². The van der Waals surface area contributed by atoms with Gasteiger partial charge in [-0.15, -0.1) is 0 Å². The number of nitrogens with zero attached hydrogens (tertiary/aromatic N) is 4. The van der Waals surface area contributed by atoms with Gasteiger partial charge in [-0.25, -0.2) is 0 Å². The molecule has 0 atom stereocenters. The van der Waals surface area contributed by atoms with E-state index in [0.717, 1.165) is 38.8 Å². The molecule has 0 aliphatic heterocycles. The summed E-state index contributed by atoms with van der Waals surface area (Å²) < 4.78 is 0. The summed E-state index contributed by atoms with van der Waals surface area (Å²) >= 11 is 6.02. The molecule has 114 valence electrons. The quantitative estimate of drug-likeness (QED) is 0.752. The van der Waals surface area contributed by atoms with Crippen LogP contribution in [0.5, 0.6) is 0 Å². The Morgan fingerprint density at radius 3 is 2.15 bits per heavy atom. The first kappa shape index (κ1) is 17.0. The van der Waals surface area contributed by atoms with Crippen LogP contribution < -0.4 is 10.2 Å². The number of aromatic nitrogens is 3. The fraction of sp³-hybridized carbons (Fsp3) is 0.786. The molecule has 0 spiro atoms. The minimum Gasteiger partial charge on any atom is -0.352 e. The summed E-state index contributed by atoms with van der Waals surface area (Å²) in [4.78, 5) is 15.1. The molecule has 1 aromatic rings. The second kappa shape index (κ2) is 8.95. The predicted octanol–water partition coefficient (Wildman–Crippen LogP) is 3.75. The summed E-state index contributed by atoms with van der Waals surface area (Å²) in [7, 11) is 0. The highest BCUT2D eigenvalue weighted by atomic mass is 35.5. The van der Waals surface area contributed by atoms with Crippen LogP contribution in [0.4, 0.5) is 11.9 Å². The van der Waals surface area contributed by atoms with Gasteiger partial charge in [0.05, 0.1) is 0 Å². The van der Waals surface area contributed by atoms with Crippen LogP contribution in [0.15, 0.2) is 0 Å². The molecule has 0 aliphatic rings. The van der Waals surface area contributed by atoms with Gasteiger partial charge in [0.15, 0.2) is 0 Å². The predicted molar refractivity (Wildman–Crippen MR) is 85.6 cm³/mol. The van der Waals surface area contributed by atoms with E-state index >= 15 is 0 Å². The number of hydrogen-bond donors (Lipinski definition) is 1. The molecule has 1 rings (SSSR count). The van der Waals surface area contributed by atoms with E-state index in [4.69, 9.17) is 11.6 Å². The van der Waals surface area contributed by atoms with Crippen LogP contribution in [0.25, 0.3) is 0 Å². The van der Waals surface area contributed by atoms with Crippen molar-refractivity contribution in [2.75, 3.05) is 23.3 Å². The fourth-order valence-corrected chi connectivity index (χ4v) is 1.97. The third kappa shape index (κ3) is 5.90. The first-order valence-electron chi connectivity index (χ1n) is 7.49. The Morgan fingerprint density at radius 2 is 1.65 bits per heavy atom. The van der Waals surface area contributed by atoms with Crippen LogP contribution in [0.3, 0.4) is 0 Å². The van der Waals surface area contributed by atoms with Gasteiger partial charge in [0.25, 0.3) is 0 Å². The SMILES string of the molecule is CCCCN(CCCC)c1nc(Cl)nc(NC(C)C)n1. The number of unbranched alkanes of at least 4 members (excludes halogenated alkanes) is 2. The van der Waals surface area contributed by atoms with Crippen molar-refractivity contribution in [3.63, 3.8) is 0 Å². The molecule has 0 amide bonds. The van der Waals surface area contributed by atoms with Gasteiger partial charge in [-0.3, -0.25) is 0 Å². The molecule has 0 radical (unpaired) electrons. The highest BCUT2D eigenvalue weighted by Crippen LogP contribution is 2.16. The van der Waals surface area contributed by atoms with E-state index in [2.05, 4.69) is 39.0 Å². The van der Waals surface area contributed by atoms with Crippen molar-refractivity contribution < 1.29 is 0 Å². The van der Waals surface area contributed by atoms with Crippen LogP contribution in [0, 0.1) is 0 Å². The molecule has 1 N–H and O–H groups in total. The van der Waals surface area contributed by atoms with Crippen LogP contribution in [0.1, 0.15) is 53.4 Å². The minimum absolute atomic E-state index is 0.246. The normalized spacial score (nSPS) is 10.9. The van der Waals surface area contributed by atoms with Crippen LogP contribution >= 0.6 is 11.6 Å². The number of nitrogens with one attached hydrogen (secondary N) is 1. The third-order valence-corrected chi connectivity index (χ3v) is 3.03. The zero-order valence-corrected chi connectivity index (χ0v) is 13.7. The lowest BCUT2D eigenvalue weighted by Crippen LogP contribution is -2.28. The summed E-state index contributed by atoms with van der Waals surface area (Å²) in [5.74, 6) is 1.23. The van der Waals surface area contributed by atoms with Gasteiger partial charge in [-0.2, -0.15) is 15.0 Å². The average molecular weight is 300 g/mol. The van der Waals surface area contributed by atoms with Crippen molar-refractivity contribution in [1.29, 1.82) is 0 Å². The highest BCUT2D eigenvalue weighted by Gasteiger charge is 2.12. The molecule has 0 fully saturated rings. The van der Waals surface area contributed by atoms with Crippen molar-refractivity contribution in [3.05, 3.63) is 5.28 Å². The maximum absolute atomic E-state index is 6.02. The summed E-state index contributed by atoms with van der Waals surface area (Å²) in [6.45, 7) is 10.4. The first-order chi connectivity index (χ1) is 9.56. The zero-order chi connectivity index (χ0) is 15.0. The molecular formula is C14H26ClN5. The molecule has 0 saturated heterocycles. The zero-order valence-electron chi connectivity index (χ0n) is 13.0. The average Bonchev–Trinajstić information content (AvgIpc) is 2.37. The van der Waals surface area contributed by atoms with Crippen LogP contribution in [-0.4, -0.2) is 34.1 Å². The standard InChI is InChI=1S/C14H26ClN5/c1-5-7-9-20(10-8-6-2)14-18-12(15)17-13(19-14)16-11(3)4/h11H,5-10H2,1-4H3,(H,16,17,18,19). The lowest BCUT2D eigenvalue weighted by Gasteiger charge is -2.22. The molecular weight excluding hydrogens is 274 g/mol. The lowest BCUT2D eigenvalue weighted by atomic mass is 10.3. The van der Waals surface area contributed by atoms with Crippen molar-refractivity contribution in [2.24, 2.45) is 0 Å². The molecule has 0 unspecified atom stereocenters. The Kier molecular flexibility index (Phi) is 7.59. The largest absolute Gasteiger partial charge is 0.352 e. The number of hydrogen-bond acceptors (Lipinski definition) is 5. The Hall–Kier alpha value is -1.10. The van der Waals surface area contributed by atoms with Gasteiger partial charge in [0.2, 0.25) is 17.2 Å². The van der Waals surface area contributed by atoms with Crippen molar-refractivity contribution in [3.8, 4) is 0 Å². The summed E-state index contributed by atoms with van der Waals surface area (Å²) in [5.41, 5.74) is 0. The van der Waals surface area contributed by atoms with Gasteiger partial charge in [0.1, 0.15) is 0 Å². The topological polar surface area (TPSA) is 53.9 Å². The van der Waals surface area contributed by atoms with Gasteiger partial charge in [-0.05, 0) is 38.3 Å². The van der Waals surface area contributed by atoms with E-state index < -0.39 is 0 Å². The second-order valence-corrected chi connectivity index (χ2v) is 5.56. The Balaban J connectivity index is 2.89. The lowest BCUT2D eigenvalue weighted by molar-refractivity contribution is 0.661. The van der Waals surface area contributed by atoms with Gasteiger partial charge < -0.3 is 10.2 Å². The molecule has 6 heteroatoms. The smallest absolute Gasteiger partial charge is 0.231 e. The summed E-state index contributed by atoms with van der Waals surface area (Å²) in [6.07, 6.45) is 4.55. The number of anilines is 2. The molecule has 1 heterocycles. The molecule has 0 saturated carbocycles. The molecule has 5 nitrogen and oxygen atoms in total. The van der Waals surface area contributed by atoms with Gasteiger partial charge in [0, 0.05) is 19.1 Å². The van der Waals surface area contributed by atoms with Gasteiger partial charge in [-0.1, -0.05) is 26.7 Å². The van der Waals surface area contributed by atoms with Crippen molar-refractivity contribution >= 4 is 23.5 Å². The molecule has 20 heavy (non-hydrogen) atoms. The van der Waals surface area contributed by atoms with E-state index in [1.54, 1.807) is 0 Å². The maximum Gasteiger partial charge on any atom is 0.231 e. The monoisotopic (exact) mass is 299 g/mol. The maximum atomic E-state index is 6.02. The molecule has 0 aromatic carbocycles. The molecule has 1 aromatic heterocycles. The minimum atomic E-state index is 0.246.